The maximum absolute atomic E-state index is 4.62. The highest BCUT2D eigenvalue weighted by atomic mass is 32.2. The minimum absolute atomic E-state index is 0.534. The highest BCUT2D eigenvalue weighted by molar-refractivity contribution is 7.98. The standard InChI is InChI=1S/C22H30N8S/c1-15-16(2)21(27-26-20(15)19-7-11-24-29(19)4)30-12-8-18(9-13-30)28(3)14-17-6-10-23-22(25-17)31-5/h6-7,10-11,18H,8-9,12-14H2,1-5H3. The van der Waals surface area contributed by atoms with Gasteiger partial charge in [0.15, 0.2) is 11.0 Å². The fraction of sp³-hybridized carbons (Fsp3) is 0.500. The summed E-state index contributed by atoms with van der Waals surface area (Å²) in [5, 5.41) is 14.3. The SMILES string of the molecule is CSc1nccc(CN(C)C2CCN(c3nnc(-c4ccnn4C)c(C)c3C)CC2)n1. The zero-order valence-electron chi connectivity index (χ0n) is 18.9. The van der Waals surface area contributed by atoms with Gasteiger partial charge in [-0.25, -0.2) is 9.97 Å². The van der Waals surface area contributed by atoms with Gasteiger partial charge in [-0.3, -0.25) is 9.58 Å². The van der Waals surface area contributed by atoms with Crippen molar-refractivity contribution in [3.05, 3.63) is 41.3 Å². The Morgan fingerprint density at radius 1 is 1.10 bits per heavy atom. The van der Waals surface area contributed by atoms with E-state index in [2.05, 4.69) is 56.0 Å². The van der Waals surface area contributed by atoms with Crippen molar-refractivity contribution < 1.29 is 0 Å². The van der Waals surface area contributed by atoms with Crippen molar-refractivity contribution >= 4 is 17.6 Å². The van der Waals surface area contributed by atoms with Crippen LogP contribution < -0.4 is 4.90 Å². The summed E-state index contributed by atoms with van der Waals surface area (Å²) < 4.78 is 1.84. The largest absolute Gasteiger partial charge is 0.355 e. The van der Waals surface area contributed by atoms with Gasteiger partial charge in [0.2, 0.25) is 0 Å². The predicted octanol–water partition coefficient (Wildman–Crippen LogP) is 3.11. The number of hydrogen-bond donors (Lipinski definition) is 0. The Labute approximate surface area is 188 Å². The molecule has 3 aromatic heterocycles. The summed E-state index contributed by atoms with van der Waals surface area (Å²) in [5.41, 5.74) is 5.34. The zero-order valence-corrected chi connectivity index (χ0v) is 19.7. The molecule has 8 nitrogen and oxygen atoms in total. The van der Waals surface area contributed by atoms with Crippen LogP contribution in [0.4, 0.5) is 5.82 Å². The van der Waals surface area contributed by atoms with E-state index < -0.39 is 0 Å². The number of aromatic nitrogens is 6. The first kappa shape index (κ1) is 21.7. The van der Waals surface area contributed by atoms with Crippen molar-refractivity contribution in [2.75, 3.05) is 31.3 Å². The first-order valence-electron chi connectivity index (χ1n) is 10.6. The number of aryl methyl sites for hydroxylation is 1. The number of hydrogen-bond acceptors (Lipinski definition) is 8. The second kappa shape index (κ2) is 9.32. The molecule has 4 heterocycles. The van der Waals surface area contributed by atoms with E-state index in [9.17, 15) is 0 Å². The van der Waals surface area contributed by atoms with E-state index >= 15 is 0 Å². The van der Waals surface area contributed by atoms with Crippen molar-refractivity contribution in [1.82, 2.24) is 34.8 Å². The van der Waals surface area contributed by atoms with Gasteiger partial charge in [0, 0.05) is 45.1 Å². The Morgan fingerprint density at radius 2 is 1.87 bits per heavy atom. The molecule has 0 atom stereocenters. The number of rotatable bonds is 6. The van der Waals surface area contributed by atoms with E-state index in [4.69, 9.17) is 0 Å². The fourth-order valence-electron chi connectivity index (χ4n) is 4.21. The van der Waals surface area contributed by atoms with Crippen molar-refractivity contribution in [2.24, 2.45) is 7.05 Å². The third-order valence-corrected chi connectivity index (χ3v) is 6.80. The molecule has 1 saturated heterocycles. The molecule has 4 rings (SSSR count). The summed E-state index contributed by atoms with van der Waals surface area (Å²) in [7, 11) is 4.13. The Kier molecular flexibility index (Phi) is 6.52. The molecule has 1 aliphatic rings. The van der Waals surface area contributed by atoms with E-state index in [-0.39, 0.29) is 0 Å². The molecule has 0 aromatic carbocycles. The van der Waals surface area contributed by atoms with Gasteiger partial charge in [-0.2, -0.15) is 5.10 Å². The molecule has 3 aromatic rings. The maximum Gasteiger partial charge on any atom is 0.187 e. The monoisotopic (exact) mass is 438 g/mol. The molecule has 0 amide bonds. The van der Waals surface area contributed by atoms with Gasteiger partial charge in [0.05, 0.1) is 11.4 Å². The number of thioether (sulfide) groups is 1. The van der Waals surface area contributed by atoms with Gasteiger partial charge in [-0.15, -0.1) is 10.2 Å². The Balaban J connectivity index is 1.41. The molecular weight excluding hydrogens is 408 g/mol. The average Bonchev–Trinajstić information content (AvgIpc) is 3.21. The first-order chi connectivity index (χ1) is 15.0. The Morgan fingerprint density at radius 3 is 2.55 bits per heavy atom. The molecule has 0 aliphatic carbocycles. The highest BCUT2D eigenvalue weighted by Crippen LogP contribution is 2.29. The molecule has 0 radical (unpaired) electrons. The second-order valence-corrected chi connectivity index (χ2v) is 8.90. The summed E-state index contributed by atoms with van der Waals surface area (Å²) >= 11 is 1.58. The van der Waals surface area contributed by atoms with Gasteiger partial charge in [0.25, 0.3) is 0 Å². The van der Waals surface area contributed by atoms with E-state index in [0.29, 0.717) is 6.04 Å². The van der Waals surface area contributed by atoms with Crippen molar-refractivity contribution in [2.45, 2.75) is 44.4 Å². The van der Waals surface area contributed by atoms with Crippen LogP contribution in [0.3, 0.4) is 0 Å². The van der Waals surface area contributed by atoms with Crippen LogP contribution in [-0.2, 0) is 13.6 Å². The highest BCUT2D eigenvalue weighted by Gasteiger charge is 2.26. The smallest absolute Gasteiger partial charge is 0.187 e. The number of anilines is 1. The summed E-state index contributed by atoms with van der Waals surface area (Å²) in [5.74, 6) is 1.00. The van der Waals surface area contributed by atoms with E-state index in [1.54, 1.807) is 18.0 Å². The van der Waals surface area contributed by atoms with Crippen LogP contribution in [0.1, 0.15) is 29.7 Å². The second-order valence-electron chi connectivity index (χ2n) is 8.13. The Bertz CT molecular complexity index is 1040. The summed E-state index contributed by atoms with van der Waals surface area (Å²) in [6.45, 7) is 7.08. The van der Waals surface area contributed by atoms with Crippen LogP contribution in [0.5, 0.6) is 0 Å². The molecule has 1 fully saturated rings. The van der Waals surface area contributed by atoms with E-state index in [1.165, 1.54) is 11.1 Å². The van der Waals surface area contributed by atoms with E-state index in [0.717, 1.165) is 60.5 Å². The van der Waals surface area contributed by atoms with Gasteiger partial charge in [0.1, 0.15) is 5.69 Å². The third kappa shape index (κ3) is 4.57. The van der Waals surface area contributed by atoms with Gasteiger partial charge < -0.3 is 4.90 Å². The lowest BCUT2D eigenvalue weighted by atomic mass is 10.0. The third-order valence-electron chi connectivity index (χ3n) is 6.23. The molecular formula is C22H30N8S. The zero-order chi connectivity index (χ0) is 22.0. The molecule has 164 valence electrons. The van der Waals surface area contributed by atoms with Crippen molar-refractivity contribution in [3.63, 3.8) is 0 Å². The van der Waals surface area contributed by atoms with Gasteiger partial charge in [-0.05, 0) is 63.3 Å². The first-order valence-corrected chi connectivity index (χ1v) is 11.8. The molecule has 0 unspecified atom stereocenters. The summed E-state index contributed by atoms with van der Waals surface area (Å²) in [6.07, 6.45) is 7.85. The lowest BCUT2D eigenvalue weighted by Crippen LogP contribution is -2.43. The molecule has 0 spiro atoms. The van der Waals surface area contributed by atoms with Gasteiger partial charge >= 0.3 is 0 Å². The van der Waals surface area contributed by atoms with Crippen LogP contribution >= 0.6 is 11.8 Å². The van der Waals surface area contributed by atoms with Crippen LogP contribution in [0.25, 0.3) is 11.4 Å². The van der Waals surface area contributed by atoms with Crippen molar-refractivity contribution in [1.29, 1.82) is 0 Å². The normalized spacial score (nSPS) is 15.1. The lowest BCUT2D eigenvalue weighted by Gasteiger charge is -2.37. The molecule has 0 bridgehead atoms. The average molecular weight is 439 g/mol. The van der Waals surface area contributed by atoms with Crippen LogP contribution in [-0.4, -0.2) is 67.3 Å². The van der Waals surface area contributed by atoms with Crippen LogP contribution in [0, 0.1) is 13.8 Å². The molecule has 1 aliphatic heterocycles. The number of piperidine rings is 1. The molecule has 31 heavy (non-hydrogen) atoms. The molecule has 0 saturated carbocycles. The maximum atomic E-state index is 4.62. The van der Waals surface area contributed by atoms with Crippen LogP contribution in [0.2, 0.25) is 0 Å². The number of nitrogens with zero attached hydrogens (tertiary/aromatic N) is 8. The Hall–Kier alpha value is -2.52. The molecule has 0 N–H and O–H groups in total. The molecule has 9 heteroatoms. The van der Waals surface area contributed by atoms with Gasteiger partial charge in [-0.1, -0.05) is 11.8 Å². The topological polar surface area (TPSA) is 75.9 Å². The van der Waals surface area contributed by atoms with Crippen LogP contribution in [0.15, 0.2) is 29.7 Å². The minimum Gasteiger partial charge on any atom is -0.355 e. The quantitative estimate of drug-likeness (QED) is 0.429. The lowest BCUT2D eigenvalue weighted by molar-refractivity contribution is 0.197. The summed E-state index contributed by atoms with van der Waals surface area (Å²) in [6, 6.07) is 4.53. The van der Waals surface area contributed by atoms with E-state index in [1.807, 2.05) is 36.3 Å². The fourth-order valence-corrected chi connectivity index (χ4v) is 4.58. The predicted molar refractivity (Wildman–Crippen MR) is 124 cm³/mol. The summed E-state index contributed by atoms with van der Waals surface area (Å²) in [4.78, 5) is 13.7. The van der Waals surface area contributed by atoms with Crippen molar-refractivity contribution in [3.8, 4) is 11.4 Å². The minimum atomic E-state index is 0.534.